The molecule has 0 N–H and O–H groups in total. The van der Waals surface area contributed by atoms with Gasteiger partial charge in [0.15, 0.2) is 0 Å². The molecule has 2 amide bonds. The van der Waals surface area contributed by atoms with Crippen molar-refractivity contribution in [2.45, 2.75) is 53.6 Å². The largest absolute Gasteiger partial charge is 0.416 e. The molecule has 1 unspecified atom stereocenters. The van der Waals surface area contributed by atoms with Crippen LogP contribution in [0.25, 0.3) is 0 Å². The summed E-state index contributed by atoms with van der Waals surface area (Å²) >= 11 is 0. The summed E-state index contributed by atoms with van der Waals surface area (Å²) in [6.07, 6.45) is -1.47. The molecule has 0 fully saturated rings. The molecular weight excluding hydrogens is 331 g/mol. The van der Waals surface area contributed by atoms with Crippen molar-refractivity contribution in [1.82, 2.24) is 4.90 Å². The summed E-state index contributed by atoms with van der Waals surface area (Å²) in [5.41, 5.74) is 0.00623. The molecule has 0 saturated heterocycles. The molecule has 0 saturated carbocycles. The van der Waals surface area contributed by atoms with Crippen LogP contribution < -0.4 is 0 Å². The van der Waals surface area contributed by atoms with Crippen LogP contribution in [0.5, 0.6) is 0 Å². The zero-order valence-corrected chi connectivity index (χ0v) is 15.3. The third-order valence-corrected chi connectivity index (χ3v) is 4.35. The normalized spacial score (nSPS) is 18.3. The Kier molecular flexibility index (Phi) is 6.57. The van der Waals surface area contributed by atoms with E-state index in [4.69, 9.17) is 0 Å². The summed E-state index contributed by atoms with van der Waals surface area (Å²) in [4.78, 5) is 26.0. The number of carbonyl (C=O) groups is 2. The fourth-order valence-corrected chi connectivity index (χ4v) is 2.65. The molecule has 0 aromatic carbocycles. The third kappa shape index (κ3) is 4.30. The van der Waals surface area contributed by atoms with E-state index in [1.165, 1.54) is 13.0 Å². The van der Waals surface area contributed by atoms with Crippen LogP contribution in [0, 0.1) is 5.92 Å². The van der Waals surface area contributed by atoms with Crippen molar-refractivity contribution in [3.63, 3.8) is 0 Å². The lowest BCUT2D eigenvalue weighted by molar-refractivity contribution is -0.135. The molecule has 1 heterocycles. The quantitative estimate of drug-likeness (QED) is 0.492. The summed E-state index contributed by atoms with van der Waals surface area (Å²) in [5, 5.41) is 0. The van der Waals surface area contributed by atoms with Crippen molar-refractivity contribution in [2.24, 2.45) is 5.92 Å². The molecule has 1 aliphatic heterocycles. The van der Waals surface area contributed by atoms with Gasteiger partial charge in [-0.15, -0.1) is 0 Å². The summed E-state index contributed by atoms with van der Waals surface area (Å²) in [6.45, 7) is 11.6. The number of amides is 2. The second-order valence-electron chi connectivity index (χ2n) is 6.16. The molecule has 6 heteroatoms. The van der Waals surface area contributed by atoms with Crippen LogP contribution in [0.1, 0.15) is 47.5 Å². The molecule has 3 nitrogen and oxygen atoms in total. The highest BCUT2D eigenvalue weighted by atomic mass is 19.4. The Morgan fingerprint density at radius 3 is 2.12 bits per heavy atom. The Hall–Kier alpha value is -2.11. The van der Waals surface area contributed by atoms with Crippen LogP contribution >= 0.6 is 0 Å². The van der Waals surface area contributed by atoms with Crippen molar-refractivity contribution in [3.05, 3.63) is 46.7 Å². The van der Waals surface area contributed by atoms with Crippen LogP contribution in [0.3, 0.4) is 0 Å². The molecule has 25 heavy (non-hydrogen) atoms. The summed E-state index contributed by atoms with van der Waals surface area (Å²) in [6, 6.07) is 0. The number of halogens is 3. The molecule has 0 bridgehead atoms. The number of allylic oxidation sites excluding steroid dienone is 5. The van der Waals surface area contributed by atoms with Gasteiger partial charge >= 0.3 is 6.18 Å². The maximum atomic E-state index is 13.1. The number of rotatable bonds is 6. The van der Waals surface area contributed by atoms with Gasteiger partial charge < -0.3 is 0 Å². The zero-order valence-electron chi connectivity index (χ0n) is 15.3. The van der Waals surface area contributed by atoms with Crippen LogP contribution in [0.2, 0.25) is 0 Å². The molecular formula is C19H24F3NO2. The molecule has 138 valence electrons. The lowest BCUT2D eigenvalue weighted by Crippen LogP contribution is -2.33. The predicted octanol–water partition coefficient (Wildman–Crippen LogP) is 5.08. The number of imide groups is 1. The molecule has 1 atom stereocenters. The van der Waals surface area contributed by atoms with Gasteiger partial charge in [-0.3, -0.25) is 9.59 Å². The van der Waals surface area contributed by atoms with E-state index in [1.54, 1.807) is 20.8 Å². The highest BCUT2D eigenvalue weighted by molar-refractivity contribution is 6.20. The van der Waals surface area contributed by atoms with Gasteiger partial charge in [-0.1, -0.05) is 27.4 Å². The van der Waals surface area contributed by atoms with Gasteiger partial charge in [0.2, 0.25) is 0 Å². The second kappa shape index (κ2) is 7.85. The number of alkyl halides is 3. The fraction of sp³-hybridized carbons (Fsp3) is 0.474. The average Bonchev–Trinajstić information content (AvgIpc) is 2.71. The molecule has 0 spiro atoms. The van der Waals surface area contributed by atoms with Gasteiger partial charge in [-0.05, 0) is 50.3 Å². The maximum absolute atomic E-state index is 13.1. The van der Waals surface area contributed by atoms with Crippen molar-refractivity contribution in [2.75, 3.05) is 0 Å². The predicted molar refractivity (Wildman–Crippen MR) is 91.3 cm³/mol. The summed E-state index contributed by atoms with van der Waals surface area (Å²) < 4.78 is 39.3. The summed E-state index contributed by atoms with van der Waals surface area (Å²) in [5.74, 6) is -1.17. The summed E-state index contributed by atoms with van der Waals surface area (Å²) in [7, 11) is 0. The maximum Gasteiger partial charge on any atom is 0.416 e. The van der Waals surface area contributed by atoms with Gasteiger partial charge in [0.1, 0.15) is 0 Å². The first-order valence-corrected chi connectivity index (χ1v) is 8.20. The van der Waals surface area contributed by atoms with Crippen molar-refractivity contribution in [1.29, 1.82) is 0 Å². The first kappa shape index (κ1) is 20.9. The standard InChI is InChI=1S/C19H24F3NO2/c1-7-12(5)16(10-9-15(11(3)4)19(20,21)22)23-17(24)13(6)14(8-2)18(23)25/h9-10,12H,3,7-8H2,1-2,4-6H3/b15-9+,16-10+. The Labute approximate surface area is 146 Å². The van der Waals surface area contributed by atoms with Gasteiger partial charge in [-0.25, -0.2) is 4.90 Å². The van der Waals surface area contributed by atoms with Gasteiger partial charge in [0.05, 0.1) is 5.57 Å². The van der Waals surface area contributed by atoms with E-state index in [-0.39, 0.29) is 17.2 Å². The second-order valence-corrected chi connectivity index (χ2v) is 6.16. The number of nitrogens with zero attached hydrogens (tertiary/aromatic N) is 1. The smallest absolute Gasteiger partial charge is 0.269 e. The number of hydrogen-bond acceptors (Lipinski definition) is 2. The molecule has 0 aliphatic carbocycles. The van der Waals surface area contributed by atoms with Crippen molar-refractivity contribution in [3.8, 4) is 0 Å². The minimum absolute atomic E-state index is 0.130. The third-order valence-electron chi connectivity index (χ3n) is 4.35. The Balaban J connectivity index is 3.45. The Morgan fingerprint density at radius 2 is 1.76 bits per heavy atom. The highest BCUT2D eigenvalue weighted by Crippen LogP contribution is 2.33. The van der Waals surface area contributed by atoms with Gasteiger partial charge in [-0.2, -0.15) is 13.2 Å². The lowest BCUT2D eigenvalue weighted by Gasteiger charge is -2.24. The van der Waals surface area contributed by atoms with Crippen LogP contribution in [-0.2, 0) is 9.59 Å². The molecule has 0 aromatic heterocycles. The average molecular weight is 355 g/mol. The highest BCUT2D eigenvalue weighted by Gasteiger charge is 2.38. The first-order chi connectivity index (χ1) is 11.5. The first-order valence-electron chi connectivity index (χ1n) is 8.20. The molecule has 0 aromatic rings. The number of carbonyl (C=O) groups excluding carboxylic acids is 2. The van der Waals surface area contributed by atoms with E-state index >= 15 is 0 Å². The van der Waals surface area contributed by atoms with E-state index in [0.717, 1.165) is 11.0 Å². The monoisotopic (exact) mass is 355 g/mol. The van der Waals surface area contributed by atoms with Crippen LogP contribution in [0.15, 0.2) is 46.7 Å². The van der Waals surface area contributed by atoms with Crippen LogP contribution in [0.4, 0.5) is 13.2 Å². The number of hydrogen-bond donors (Lipinski definition) is 0. The zero-order chi connectivity index (χ0) is 19.5. The topological polar surface area (TPSA) is 37.4 Å². The Morgan fingerprint density at radius 1 is 1.20 bits per heavy atom. The minimum Gasteiger partial charge on any atom is -0.269 e. The van der Waals surface area contributed by atoms with Gasteiger partial charge in [0, 0.05) is 16.8 Å². The van der Waals surface area contributed by atoms with Crippen molar-refractivity contribution < 1.29 is 22.8 Å². The van der Waals surface area contributed by atoms with Crippen LogP contribution in [-0.4, -0.2) is 22.9 Å². The molecule has 1 aliphatic rings. The van der Waals surface area contributed by atoms with E-state index in [1.807, 2.05) is 6.92 Å². The van der Waals surface area contributed by atoms with E-state index < -0.39 is 23.6 Å². The Bertz CT molecular complexity index is 681. The fourth-order valence-electron chi connectivity index (χ4n) is 2.65. The SMILES string of the molecule is C=C(C)/C(=C\C=C(/C(C)CC)N1C(=O)C(C)=C(CC)C1=O)C(F)(F)F. The van der Waals surface area contributed by atoms with Gasteiger partial charge in [0.25, 0.3) is 11.8 Å². The van der Waals surface area contributed by atoms with E-state index in [9.17, 15) is 22.8 Å². The minimum atomic E-state index is -4.55. The van der Waals surface area contributed by atoms with E-state index in [2.05, 4.69) is 6.58 Å². The molecule has 0 radical (unpaired) electrons. The lowest BCUT2D eigenvalue weighted by atomic mass is 10.0. The van der Waals surface area contributed by atoms with Crippen molar-refractivity contribution >= 4 is 11.8 Å². The van der Waals surface area contributed by atoms with E-state index in [0.29, 0.717) is 24.0 Å². The molecule has 1 rings (SSSR count).